The predicted molar refractivity (Wildman–Crippen MR) is 89.2 cm³/mol. The Bertz CT molecular complexity index is 553. The van der Waals surface area contributed by atoms with Crippen molar-refractivity contribution in [3.05, 3.63) is 64.7 Å². The van der Waals surface area contributed by atoms with Crippen LogP contribution in [0, 0.1) is 0 Å². The van der Waals surface area contributed by atoms with E-state index in [0.29, 0.717) is 0 Å². The number of para-hydroxylation sites is 1. The maximum Gasteiger partial charge on any atom is 0.124 e. The normalized spacial score (nSPS) is 12.1. The van der Waals surface area contributed by atoms with Crippen molar-refractivity contribution in [2.24, 2.45) is 0 Å². The van der Waals surface area contributed by atoms with E-state index in [0.717, 1.165) is 35.9 Å². The Morgan fingerprint density at radius 3 is 2.43 bits per heavy atom. The van der Waals surface area contributed by atoms with Crippen molar-refractivity contribution in [2.75, 3.05) is 13.2 Å². The Hall–Kier alpha value is -1.51. The van der Waals surface area contributed by atoms with Gasteiger partial charge in [0.25, 0.3) is 0 Å². The van der Waals surface area contributed by atoms with E-state index in [1.165, 1.54) is 5.56 Å². The molecule has 3 heteroatoms. The molecule has 2 aromatic rings. The minimum Gasteiger partial charge on any atom is -0.493 e. The zero-order valence-corrected chi connectivity index (χ0v) is 13.4. The van der Waals surface area contributed by atoms with E-state index < -0.39 is 0 Å². The first-order valence-electron chi connectivity index (χ1n) is 7.46. The lowest BCUT2D eigenvalue weighted by molar-refractivity contribution is 0.312. The van der Waals surface area contributed by atoms with Crippen LogP contribution in [0.5, 0.6) is 5.75 Å². The number of hydrogen-bond donors (Lipinski definition) is 1. The van der Waals surface area contributed by atoms with Crippen LogP contribution < -0.4 is 10.1 Å². The summed E-state index contributed by atoms with van der Waals surface area (Å²) in [5.74, 6) is 0.945. The van der Waals surface area contributed by atoms with Crippen LogP contribution in [0.3, 0.4) is 0 Å². The number of rotatable bonds is 7. The van der Waals surface area contributed by atoms with Gasteiger partial charge in [-0.05, 0) is 36.7 Å². The molecule has 2 nitrogen and oxygen atoms in total. The summed E-state index contributed by atoms with van der Waals surface area (Å²) in [6.07, 6.45) is 1.00. The molecule has 0 aliphatic heterocycles. The highest BCUT2D eigenvalue weighted by atomic mass is 35.5. The van der Waals surface area contributed by atoms with Crippen molar-refractivity contribution >= 4 is 11.6 Å². The number of benzene rings is 2. The van der Waals surface area contributed by atoms with E-state index in [2.05, 4.69) is 37.4 Å². The number of ether oxygens (including phenoxy) is 1. The summed E-state index contributed by atoms with van der Waals surface area (Å²) >= 11 is 5.99. The first-order chi connectivity index (χ1) is 10.3. The van der Waals surface area contributed by atoms with Crippen LogP contribution in [0.15, 0.2) is 48.5 Å². The van der Waals surface area contributed by atoms with Gasteiger partial charge in [-0.15, -0.1) is 0 Å². The largest absolute Gasteiger partial charge is 0.493 e. The minimum absolute atomic E-state index is 0.111. The standard InChI is InChI=1S/C18H22ClNO/c1-3-13-21-17-8-6-5-7-16(17)18(20-4-2)14-9-11-15(19)12-10-14/h5-12,18,20H,3-4,13H2,1-2H3. The molecule has 0 aliphatic carbocycles. The lowest BCUT2D eigenvalue weighted by Crippen LogP contribution is -2.22. The summed E-state index contributed by atoms with van der Waals surface area (Å²) in [7, 11) is 0. The molecule has 1 unspecified atom stereocenters. The fourth-order valence-corrected chi connectivity index (χ4v) is 2.46. The van der Waals surface area contributed by atoms with Gasteiger partial charge >= 0.3 is 0 Å². The number of halogens is 1. The van der Waals surface area contributed by atoms with Crippen molar-refractivity contribution in [2.45, 2.75) is 26.3 Å². The van der Waals surface area contributed by atoms with Gasteiger partial charge in [-0.1, -0.05) is 55.8 Å². The Morgan fingerprint density at radius 2 is 1.76 bits per heavy atom. The van der Waals surface area contributed by atoms with Crippen molar-refractivity contribution in [1.29, 1.82) is 0 Å². The lowest BCUT2D eigenvalue weighted by Gasteiger charge is -2.22. The molecule has 0 amide bonds. The van der Waals surface area contributed by atoms with E-state index in [9.17, 15) is 0 Å². The average molecular weight is 304 g/mol. The monoisotopic (exact) mass is 303 g/mol. The van der Waals surface area contributed by atoms with Gasteiger partial charge in [0.05, 0.1) is 12.6 Å². The molecule has 0 aromatic heterocycles. The molecule has 0 spiro atoms. The smallest absolute Gasteiger partial charge is 0.124 e. The van der Waals surface area contributed by atoms with Crippen molar-refractivity contribution in [3.63, 3.8) is 0 Å². The third kappa shape index (κ3) is 4.23. The fourth-order valence-electron chi connectivity index (χ4n) is 2.33. The summed E-state index contributed by atoms with van der Waals surface area (Å²) in [6.45, 7) is 5.84. The van der Waals surface area contributed by atoms with Crippen LogP contribution in [0.2, 0.25) is 5.02 Å². The molecule has 0 radical (unpaired) electrons. The van der Waals surface area contributed by atoms with Crippen molar-refractivity contribution in [1.82, 2.24) is 5.32 Å². The van der Waals surface area contributed by atoms with Gasteiger partial charge in [0, 0.05) is 10.6 Å². The van der Waals surface area contributed by atoms with E-state index in [1.54, 1.807) is 0 Å². The molecule has 0 aliphatic rings. The SMILES string of the molecule is CCCOc1ccccc1C(NCC)c1ccc(Cl)cc1. The van der Waals surface area contributed by atoms with Gasteiger partial charge in [-0.2, -0.15) is 0 Å². The first kappa shape index (κ1) is 15.9. The van der Waals surface area contributed by atoms with Gasteiger partial charge in [0.15, 0.2) is 0 Å². The second-order valence-corrected chi connectivity index (χ2v) is 5.36. The summed E-state index contributed by atoms with van der Waals surface area (Å²) in [5, 5.41) is 4.28. The van der Waals surface area contributed by atoms with Crippen LogP contribution in [-0.2, 0) is 0 Å². The molecule has 1 atom stereocenters. The zero-order chi connectivity index (χ0) is 15.1. The van der Waals surface area contributed by atoms with Crippen molar-refractivity contribution in [3.8, 4) is 5.75 Å². The number of nitrogens with one attached hydrogen (secondary N) is 1. The van der Waals surface area contributed by atoms with E-state index >= 15 is 0 Å². The van der Waals surface area contributed by atoms with Gasteiger partial charge in [-0.25, -0.2) is 0 Å². The summed E-state index contributed by atoms with van der Waals surface area (Å²) in [4.78, 5) is 0. The Labute approximate surface area is 132 Å². The highest BCUT2D eigenvalue weighted by Crippen LogP contribution is 2.30. The molecule has 0 saturated carbocycles. The molecule has 0 saturated heterocycles. The molecule has 2 aromatic carbocycles. The molecule has 112 valence electrons. The highest BCUT2D eigenvalue weighted by molar-refractivity contribution is 6.30. The lowest BCUT2D eigenvalue weighted by atomic mass is 9.98. The molecule has 0 bridgehead atoms. The van der Waals surface area contributed by atoms with Crippen LogP contribution in [0.1, 0.15) is 37.4 Å². The third-order valence-electron chi connectivity index (χ3n) is 3.30. The molecular formula is C18H22ClNO. The molecule has 1 N–H and O–H groups in total. The Morgan fingerprint density at radius 1 is 1.05 bits per heavy atom. The minimum atomic E-state index is 0.111. The summed E-state index contributed by atoms with van der Waals surface area (Å²) in [5.41, 5.74) is 2.35. The molecule has 21 heavy (non-hydrogen) atoms. The van der Waals surface area contributed by atoms with Gasteiger partial charge in [0.2, 0.25) is 0 Å². The van der Waals surface area contributed by atoms with Crippen LogP contribution in [-0.4, -0.2) is 13.2 Å². The Kier molecular flexibility index (Phi) is 6.09. The molecule has 2 rings (SSSR count). The summed E-state index contributed by atoms with van der Waals surface area (Å²) < 4.78 is 5.89. The van der Waals surface area contributed by atoms with Crippen molar-refractivity contribution < 1.29 is 4.74 Å². The first-order valence-corrected chi connectivity index (χ1v) is 7.84. The van der Waals surface area contributed by atoms with Gasteiger partial charge < -0.3 is 10.1 Å². The maximum atomic E-state index is 5.99. The average Bonchev–Trinajstić information content (AvgIpc) is 2.52. The predicted octanol–water partition coefficient (Wildman–Crippen LogP) is 4.83. The topological polar surface area (TPSA) is 21.3 Å². The quantitative estimate of drug-likeness (QED) is 0.791. The molecular weight excluding hydrogens is 282 g/mol. The third-order valence-corrected chi connectivity index (χ3v) is 3.56. The fraction of sp³-hybridized carbons (Fsp3) is 0.333. The van der Waals surface area contributed by atoms with Crippen LogP contribution in [0.4, 0.5) is 0 Å². The summed E-state index contributed by atoms with van der Waals surface area (Å²) in [6, 6.07) is 16.3. The van der Waals surface area contributed by atoms with E-state index in [-0.39, 0.29) is 6.04 Å². The highest BCUT2D eigenvalue weighted by Gasteiger charge is 2.17. The molecule has 0 heterocycles. The van der Waals surface area contributed by atoms with E-state index in [1.807, 2.05) is 30.3 Å². The second kappa shape index (κ2) is 8.06. The zero-order valence-electron chi connectivity index (χ0n) is 12.6. The van der Waals surface area contributed by atoms with E-state index in [4.69, 9.17) is 16.3 Å². The molecule has 0 fully saturated rings. The van der Waals surface area contributed by atoms with Crippen LogP contribution >= 0.6 is 11.6 Å². The van der Waals surface area contributed by atoms with Gasteiger partial charge in [-0.3, -0.25) is 0 Å². The maximum absolute atomic E-state index is 5.99. The van der Waals surface area contributed by atoms with Gasteiger partial charge in [0.1, 0.15) is 5.75 Å². The van der Waals surface area contributed by atoms with Crippen LogP contribution in [0.25, 0.3) is 0 Å². The number of hydrogen-bond acceptors (Lipinski definition) is 2. The Balaban J connectivity index is 2.35. The second-order valence-electron chi connectivity index (χ2n) is 4.93.